The van der Waals surface area contributed by atoms with E-state index in [1.807, 2.05) is 19.3 Å². The number of aryl methyl sites for hydroxylation is 3. The van der Waals surface area contributed by atoms with E-state index in [9.17, 15) is 0 Å². The second-order valence-electron chi connectivity index (χ2n) is 11.6. The molecular formula is C33H32N6O. The van der Waals surface area contributed by atoms with E-state index in [4.69, 9.17) is 9.72 Å². The van der Waals surface area contributed by atoms with E-state index in [-0.39, 0.29) is 0 Å². The predicted molar refractivity (Wildman–Crippen MR) is 156 cm³/mol. The topological polar surface area (TPSA) is 79.8 Å². The lowest BCUT2D eigenvalue weighted by Crippen LogP contribution is -2.66. The highest BCUT2D eigenvalue weighted by atomic mass is 16.5. The van der Waals surface area contributed by atoms with E-state index < -0.39 is 0 Å². The Hall–Kier alpha value is -3.94. The van der Waals surface area contributed by atoms with Crippen molar-refractivity contribution in [2.24, 2.45) is 0 Å². The summed E-state index contributed by atoms with van der Waals surface area (Å²) >= 11 is 0. The van der Waals surface area contributed by atoms with Gasteiger partial charge in [-0.2, -0.15) is 5.10 Å². The minimum Gasteiger partial charge on any atom is -0.378 e. The highest BCUT2D eigenvalue weighted by Gasteiger charge is 2.45. The van der Waals surface area contributed by atoms with Crippen molar-refractivity contribution < 1.29 is 4.74 Å². The number of aromatic nitrogens is 5. The number of hydrogen-bond acceptors (Lipinski definition) is 6. The van der Waals surface area contributed by atoms with Crippen LogP contribution in [0.1, 0.15) is 36.0 Å². The molecule has 3 aliphatic rings. The Morgan fingerprint density at radius 1 is 0.775 bits per heavy atom. The lowest BCUT2D eigenvalue weighted by atomic mass is 9.87. The van der Waals surface area contributed by atoms with E-state index in [1.165, 1.54) is 36.0 Å². The molecule has 1 aliphatic carbocycles. The zero-order valence-corrected chi connectivity index (χ0v) is 22.7. The Balaban J connectivity index is 1.06. The molecule has 200 valence electrons. The lowest BCUT2D eigenvalue weighted by molar-refractivity contribution is -0.148. The normalized spacial score (nSPS) is 22.5. The summed E-state index contributed by atoms with van der Waals surface area (Å²) in [5, 5.41) is 8.80. The van der Waals surface area contributed by atoms with Crippen LogP contribution in [0, 0.1) is 6.92 Å². The van der Waals surface area contributed by atoms with Gasteiger partial charge in [-0.25, -0.2) is 15.0 Å². The first-order chi connectivity index (χ1) is 19.7. The number of morpholine rings is 1. The summed E-state index contributed by atoms with van der Waals surface area (Å²) in [6.07, 6.45) is 11.5. The monoisotopic (exact) mass is 528 g/mol. The van der Waals surface area contributed by atoms with Crippen molar-refractivity contribution in [3.8, 4) is 33.6 Å². The fourth-order valence-electron chi connectivity index (χ4n) is 7.10. The van der Waals surface area contributed by atoms with Crippen LogP contribution < -0.4 is 0 Å². The highest BCUT2D eigenvalue weighted by molar-refractivity contribution is 5.93. The van der Waals surface area contributed by atoms with Crippen molar-refractivity contribution in [1.29, 1.82) is 0 Å². The molecular weight excluding hydrogens is 496 g/mol. The van der Waals surface area contributed by atoms with Crippen LogP contribution in [0.4, 0.5) is 0 Å². The number of H-pyrrole nitrogens is 1. The maximum absolute atomic E-state index is 5.74. The van der Waals surface area contributed by atoms with Crippen molar-refractivity contribution in [3.63, 3.8) is 0 Å². The number of rotatable bonds is 4. The van der Waals surface area contributed by atoms with E-state index in [2.05, 4.69) is 73.6 Å². The number of ether oxygens (including phenoxy) is 1. The van der Waals surface area contributed by atoms with Crippen molar-refractivity contribution in [2.75, 3.05) is 13.2 Å². The molecule has 3 aromatic heterocycles. The SMILES string of the molecule is Cc1cncnc1-c1ccc(-c2n[nH]c3ncc(-c4ccc5c(c4)CC[C@@H](N4C6COCC4C6)CC5)cc23)cc1. The fourth-order valence-corrected chi connectivity index (χ4v) is 7.10. The van der Waals surface area contributed by atoms with Gasteiger partial charge in [-0.1, -0.05) is 42.5 Å². The second kappa shape index (κ2) is 9.61. The summed E-state index contributed by atoms with van der Waals surface area (Å²) < 4.78 is 5.74. The molecule has 1 N–H and O–H groups in total. The van der Waals surface area contributed by atoms with Gasteiger partial charge in [-0.15, -0.1) is 0 Å². The Labute approximate surface area is 233 Å². The van der Waals surface area contributed by atoms with Gasteiger partial charge in [-0.05, 0) is 67.3 Å². The molecule has 2 aliphatic heterocycles. The zero-order valence-electron chi connectivity index (χ0n) is 22.7. The molecule has 2 saturated heterocycles. The van der Waals surface area contributed by atoms with E-state index in [0.717, 1.165) is 70.7 Å². The summed E-state index contributed by atoms with van der Waals surface area (Å²) in [5.74, 6) is 0. The molecule has 8 rings (SSSR count). The van der Waals surface area contributed by atoms with Gasteiger partial charge in [0.05, 0.1) is 18.9 Å². The maximum Gasteiger partial charge on any atom is 0.155 e. The first-order valence-corrected chi connectivity index (χ1v) is 14.4. The predicted octanol–water partition coefficient (Wildman–Crippen LogP) is 5.78. The molecule has 0 radical (unpaired) electrons. The quantitative estimate of drug-likeness (QED) is 0.298. The Morgan fingerprint density at radius 2 is 1.52 bits per heavy atom. The third kappa shape index (κ3) is 4.03. The summed E-state index contributed by atoms with van der Waals surface area (Å²) in [4.78, 5) is 16.1. The van der Waals surface area contributed by atoms with Crippen molar-refractivity contribution in [1.82, 2.24) is 30.0 Å². The molecule has 7 nitrogen and oxygen atoms in total. The number of hydrogen-bond donors (Lipinski definition) is 1. The number of fused-ring (bicyclic) bond motifs is 4. The molecule has 3 atom stereocenters. The van der Waals surface area contributed by atoms with E-state index in [0.29, 0.717) is 18.1 Å². The fraction of sp³-hybridized carbons (Fsp3) is 0.333. The van der Waals surface area contributed by atoms with Crippen molar-refractivity contribution >= 4 is 11.0 Å². The third-order valence-corrected chi connectivity index (χ3v) is 9.21. The molecule has 5 aromatic rings. The minimum absolute atomic E-state index is 0.648. The zero-order chi connectivity index (χ0) is 26.6. The molecule has 0 amide bonds. The molecule has 2 aromatic carbocycles. The average Bonchev–Trinajstić information content (AvgIpc) is 3.32. The Morgan fingerprint density at radius 3 is 2.30 bits per heavy atom. The molecule has 0 spiro atoms. The second-order valence-corrected chi connectivity index (χ2v) is 11.6. The van der Waals surface area contributed by atoms with Crippen LogP contribution in [0.3, 0.4) is 0 Å². The standard InChI is InChI=1S/C33H32N6O/c1-20-15-34-19-36-31(20)22-3-5-23(6-4-22)32-30-13-26(16-35-33(30)38-37-32)25-7-2-21-8-10-27(11-9-24(21)12-25)39-28-14-29(39)18-40-17-28/h2-7,12-13,15-16,19,27-29H,8-11,14,17-18H2,1H3,(H,35,37,38)/t27-,28?,29?/m0/s1. The average molecular weight is 529 g/mol. The molecule has 7 heteroatoms. The minimum atomic E-state index is 0.648. The van der Waals surface area contributed by atoms with Crippen molar-refractivity contribution in [3.05, 3.63) is 83.9 Å². The molecule has 0 saturated carbocycles. The van der Waals surface area contributed by atoms with Crippen LogP contribution in [0.25, 0.3) is 44.7 Å². The summed E-state index contributed by atoms with van der Waals surface area (Å²) in [7, 11) is 0. The molecule has 40 heavy (non-hydrogen) atoms. The summed E-state index contributed by atoms with van der Waals surface area (Å²) in [6.45, 7) is 3.87. The van der Waals surface area contributed by atoms with E-state index in [1.54, 1.807) is 6.33 Å². The number of pyridine rings is 1. The Bertz CT molecular complexity index is 1700. The van der Waals surface area contributed by atoms with Crippen LogP contribution in [0.15, 0.2) is 67.3 Å². The number of nitrogens with one attached hydrogen (secondary N) is 1. The molecule has 5 heterocycles. The lowest BCUT2D eigenvalue weighted by Gasteiger charge is -2.56. The van der Waals surface area contributed by atoms with Gasteiger partial charge in [0.25, 0.3) is 0 Å². The van der Waals surface area contributed by atoms with Crippen LogP contribution in [-0.4, -0.2) is 61.4 Å². The van der Waals surface area contributed by atoms with Gasteiger partial charge in [0.2, 0.25) is 0 Å². The van der Waals surface area contributed by atoms with Crippen LogP contribution in [0.5, 0.6) is 0 Å². The first kappa shape index (κ1) is 23.9. The van der Waals surface area contributed by atoms with Gasteiger partial charge in [-0.3, -0.25) is 10.00 Å². The smallest absolute Gasteiger partial charge is 0.155 e. The third-order valence-electron chi connectivity index (χ3n) is 9.21. The number of benzene rings is 2. The van der Waals surface area contributed by atoms with Crippen molar-refractivity contribution in [2.45, 2.75) is 57.2 Å². The van der Waals surface area contributed by atoms with Crippen LogP contribution in [-0.2, 0) is 17.6 Å². The molecule has 2 unspecified atom stereocenters. The van der Waals surface area contributed by atoms with Gasteiger partial charge in [0.15, 0.2) is 5.65 Å². The highest BCUT2D eigenvalue weighted by Crippen LogP contribution is 2.38. The van der Waals surface area contributed by atoms with Crippen LogP contribution in [0.2, 0.25) is 0 Å². The van der Waals surface area contributed by atoms with Gasteiger partial charge >= 0.3 is 0 Å². The van der Waals surface area contributed by atoms with Gasteiger partial charge in [0, 0.05) is 52.6 Å². The summed E-state index contributed by atoms with van der Waals surface area (Å²) in [5.41, 5.74) is 11.2. The molecule has 2 bridgehead atoms. The Kier molecular flexibility index (Phi) is 5.74. The van der Waals surface area contributed by atoms with Gasteiger partial charge < -0.3 is 4.74 Å². The van der Waals surface area contributed by atoms with Crippen LogP contribution >= 0.6 is 0 Å². The first-order valence-electron chi connectivity index (χ1n) is 14.4. The maximum atomic E-state index is 5.74. The summed E-state index contributed by atoms with van der Waals surface area (Å²) in [6, 6.07) is 19.6. The molecule has 2 fully saturated rings. The van der Waals surface area contributed by atoms with Gasteiger partial charge in [0.1, 0.15) is 12.0 Å². The number of aromatic amines is 1. The van der Waals surface area contributed by atoms with E-state index >= 15 is 0 Å². The number of nitrogens with zero attached hydrogens (tertiary/aromatic N) is 5. The largest absolute Gasteiger partial charge is 0.378 e.